The number of hydrogen-bond donors (Lipinski definition) is 1. The average Bonchev–Trinajstić information content (AvgIpc) is 2.90. The van der Waals surface area contributed by atoms with Crippen molar-refractivity contribution in [2.24, 2.45) is 0 Å². The molecular formula is C17H17NO3S. The lowest BCUT2D eigenvalue weighted by molar-refractivity contribution is 0.101. The molecule has 0 fully saturated rings. The first-order valence-electron chi connectivity index (χ1n) is 7.18. The summed E-state index contributed by atoms with van der Waals surface area (Å²) in [7, 11) is -3.53. The molecule has 1 unspecified atom stereocenters. The van der Waals surface area contributed by atoms with Crippen LogP contribution in [0.1, 0.15) is 40.9 Å². The van der Waals surface area contributed by atoms with Gasteiger partial charge in [0.15, 0.2) is 5.78 Å². The Morgan fingerprint density at radius 2 is 1.86 bits per heavy atom. The summed E-state index contributed by atoms with van der Waals surface area (Å²) in [5, 5.41) is 0. The molecule has 0 spiro atoms. The molecule has 2 aromatic carbocycles. The van der Waals surface area contributed by atoms with Crippen LogP contribution >= 0.6 is 0 Å². The second-order valence-corrected chi connectivity index (χ2v) is 7.21. The maximum Gasteiger partial charge on any atom is 0.241 e. The number of Topliss-reactive ketones (excluding diaryl/α,β-unsaturated/α-hetero) is 1. The Balaban J connectivity index is 1.87. The highest BCUT2D eigenvalue weighted by molar-refractivity contribution is 7.89. The van der Waals surface area contributed by atoms with Gasteiger partial charge in [0.1, 0.15) is 0 Å². The molecule has 1 N–H and O–H groups in total. The Kier molecular flexibility index (Phi) is 3.85. The lowest BCUT2D eigenvalue weighted by atomic mass is 10.0. The minimum atomic E-state index is -3.53. The first-order valence-corrected chi connectivity index (χ1v) is 8.67. The summed E-state index contributed by atoms with van der Waals surface area (Å²) >= 11 is 0. The molecule has 2 aromatic rings. The molecule has 1 atom stereocenters. The SMILES string of the molecule is CC(=O)c1ccc2c(c1)CCC2NS(=O)(=O)c1ccccc1. The van der Waals surface area contributed by atoms with E-state index in [0.717, 1.165) is 17.5 Å². The van der Waals surface area contributed by atoms with Crippen molar-refractivity contribution in [1.29, 1.82) is 0 Å². The van der Waals surface area contributed by atoms with Crippen molar-refractivity contribution in [3.05, 3.63) is 65.2 Å². The smallest absolute Gasteiger partial charge is 0.241 e. The van der Waals surface area contributed by atoms with Gasteiger partial charge in [0.2, 0.25) is 10.0 Å². The fraction of sp³-hybridized carbons (Fsp3) is 0.235. The van der Waals surface area contributed by atoms with Gasteiger partial charge in [-0.1, -0.05) is 30.3 Å². The van der Waals surface area contributed by atoms with Crippen molar-refractivity contribution in [1.82, 2.24) is 4.72 Å². The molecule has 0 saturated heterocycles. The van der Waals surface area contributed by atoms with Gasteiger partial charge in [-0.25, -0.2) is 13.1 Å². The van der Waals surface area contributed by atoms with Crippen LogP contribution in [0.25, 0.3) is 0 Å². The predicted molar refractivity (Wildman–Crippen MR) is 84.3 cm³/mol. The van der Waals surface area contributed by atoms with Gasteiger partial charge in [0, 0.05) is 11.6 Å². The van der Waals surface area contributed by atoms with Gasteiger partial charge in [-0.2, -0.15) is 0 Å². The molecule has 0 radical (unpaired) electrons. The molecule has 0 heterocycles. The summed E-state index contributed by atoms with van der Waals surface area (Å²) in [6.07, 6.45) is 1.49. The molecule has 0 aromatic heterocycles. The van der Waals surface area contributed by atoms with Gasteiger partial charge in [-0.05, 0) is 49.1 Å². The van der Waals surface area contributed by atoms with Crippen molar-refractivity contribution in [3.8, 4) is 0 Å². The zero-order chi connectivity index (χ0) is 15.7. The van der Waals surface area contributed by atoms with E-state index in [2.05, 4.69) is 4.72 Å². The van der Waals surface area contributed by atoms with Gasteiger partial charge in [0.25, 0.3) is 0 Å². The van der Waals surface area contributed by atoms with E-state index < -0.39 is 10.0 Å². The fourth-order valence-corrected chi connectivity index (χ4v) is 4.08. The first kappa shape index (κ1) is 14.9. The number of carbonyl (C=O) groups is 1. The summed E-state index contributed by atoms with van der Waals surface area (Å²) in [6.45, 7) is 1.53. The van der Waals surface area contributed by atoms with E-state index in [9.17, 15) is 13.2 Å². The van der Waals surface area contributed by atoms with Gasteiger partial charge in [-0.15, -0.1) is 0 Å². The van der Waals surface area contributed by atoms with Crippen LogP contribution in [0.2, 0.25) is 0 Å². The largest absolute Gasteiger partial charge is 0.295 e. The van der Waals surface area contributed by atoms with E-state index in [1.165, 1.54) is 6.92 Å². The molecule has 0 aliphatic heterocycles. The third-order valence-electron chi connectivity index (χ3n) is 3.98. The lowest BCUT2D eigenvalue weighted by Gasteiger charge is -2.14. The number of benzene rings is 2. The zero-order valence-corrected chi connectivity index (χ0v) is 13.1. The Hall–Kier alpha value is -1.98. The predicted octanol–water partition coefficient (Wildman–Crippen LogP) is 2.86. The first-order chi connectivity index (χ1) is 10.5. The number of fused-ring (bicyclic) bond motifs is 1. The molecule has 114 valence electrons. The Labute approximate surface area is 130 Å². The van der Waals surface area contributed by atoms with Gasteiger partial charge in [-0.3, -0.25) is 4.79 Å². The van der Waals surface area contributed by atoms with Crippen molar-refractivity contribution in [2.75, 3.05) is 0 Å². The van der Waals surface area contributed by atoms with E-state index in [4.69, 9.17) is 0 Å². The molecule has 0 amide bonds. The Morgan fingerprint density at radius 1 is 1.14 bits per heavy atom. The highest BCUT2D eigenvalue weighted by Crippen LogP contribution is 2.33. The average molecular weight is 315 g/mol. The van der Waals surface area contributed by atoms with Crippen LogP contribution in [-0.4, -0.2) is 14.2 Å². The standard InChI is InChI=1S/C17H17NO3S/c1-12(19)13-7-9-16-14(11-13)8-10-17(16)18-22(20,21)15-5-3-2-4-6-15/h2-7,9,11,17-18H,8,10H2,1H3. The number of aryl methyl sites for hydroxylation is 1. The number of rotatable bonds is 4. The number of ketones is 1. The van der Waals surface area contributed by atoms with Crippen LogP contribution in [0.4, 0.5) is 0 Å². The van der Waals surface area contributed by atoms with Crippen molar-refractivity contribution in [2.45, 2.75) is 30.7 Å². The fourth-order valence-electron chi connectivity index (χ4n) is 2.81. The van der Waals surface area contributed by atoms with Gasteiger partial charge < -0.3 is 0 Å². The maximum absolute atomic E-state index is 12.4. The molecule has 4 nitrogen and oxygen atoms in total. The quantitative estimate of drug-likeness (QED) is 0.882. The minimum Gasteiger partial charge on any atom is -0.295 e. The highest BCUT2D eigenvalue weighted by atomic mass is 32.2. The van der Waals surface area contributed by atoms with Crippen LogP contribution in [-0.2, 0) is 16.4 Å². The second-order valence-electron chi connectivity index (χ2n) is 5.50. The monoisotopic (exact) mass is 315 g/mol. The lowest BCUT2D eigenvalue weighted by Crippen LogP contribution is -2.27. The number of carbonyl (C=O) groups excluding carboxylic acids is 1. The Bertz CT molecular complexity index is 813. The maximum atomic E-state index is 12.4. The van der Waals surface area contributed by atoms with Crippen LogP contribution in [0, 0.1) is 0 Å². The minimum absolute atomic E-state index is 0.0242. The van der Waals surface area contributed by atoms with Crippen LogP contribution in [0.15, 0.2) is 53.4 Å². The van der Waals surface area contributed by atoms with Crippen LogP contribution < -0.4 is 4.72 Å². The molecule has 3 rings (SSSR count). The molecule has 1 aliphatic carbocycles. The van der Waals surface area contributed by atoms with E-state index in [1.54, 1.807) is 36.4 Å². The normalized spacial score (nSPS) is 17.2. The molecule has 22 heavy (non-hydrogen) atoms. The topological polar surface area (TPSA) is 63.2 Å². The highest BCUT2D eigenvalue weighted by Gasteiger charge is 2.27. The summed E-state index contributed by atoms with van der Waals surface area (Å²) < 4.78 is 27.6. The van der Waals surface area contributed by atoms with E-state index in [-0.39, 0.29) is 16.7 Å². The van der Waals surface area contributed by atoms with E-state index in [0.29, 0.717) is 12.0 Å². The van der Waals surface area contributed by atoms with E-state index in [1.807, 2.05) is 12.1 Å². The zero-order valence-electron chi connectivity index (χ0n) is 12.2. The molecular weight excluding hydrogens is 298 g/mol. The second kappa shape index (κ2) is 5.66. The van der Waals surface area contributed by atoms with Crippen LogP contribution in [0.5, 0.6) is 0 Å². The van der Waals surface area contributed by atoms with Crippen molar-refractivity contribution < 1.29 is 13.2 Å². The Morgan fingerprint density at radius 3 is 2.55 bits per heavy atom. The van der Waals surface area contributed by atoms with E-state index >= 15 is 0 Å². The van der Waals surface area contributed by atoms with Gasteiger partial charge in [0.05, 0.1) is 4.90 Å². The number of sulfonamides is 1. The molecule has 0 bridgehead atoms. The summed E-state index contributed by atoms with van der Waals surface area (Å²) in [6, 6.07) is 13.6. The number of nitrogens with one attached hydrogen (secondary N) is 1. The van der Waals surface area contributed by atoms with Crippen LogP contribution in [0.3, 0.4) is 0 Å². The molecule has 1 aliphatic rings. The molecule has 5 heteroatoms. The van der Waals surface area contributed by atoms with Crippen molar-refractivity contribution in [3.63, 3.8) is 0 Å². The summed E-state index contributed by atoms with van der Waals surface area (Å²) in [4.78, 5) is 11.7. The van der Waals surface area contributed by atoms with Crippen molar-refractivity contribution >= 4 is 15.8 Å². The number of hydrogen-bond acceptors (Lipinski definition) is 3. The summed E-state index contributed by atoms with van der Waals surface area (Å²) in [5.41, 5.74) is 2.68. The van der Waals surface area contributed by atoms with Gasteiger partial charge >= 0.3 is 0 Å². The summed E-state index contributed by atoms with van der Waals surface area (Å²) in [5.74, 6) is 0.0242. The third kappa shape index (κ3) is 2.82. The molecule has 0 saturated carbocycles. The third-order valence-corrected chi connectivity index (χ3v) is 5.47.